The first kappa shape index (κ1) is 15.2. The summed E-state index contributed by atoms with van der Waals surface area (Å²) in [5, 5.41) is 0. The molecule has 0 fully saturated rings. The molecular formula is C17H18N2OS. The second-order valence-corrected chi connectivity index (χ2v) is 5.32. The van der Waals surface area contributed by atoms with E-state index in [1.807, 2.05) is 60.7 Å². The number of carbonyl (C=O) groups is 1. The lowest BCUT2D eigenvalue weighted by Gasteiger charge is -2.23. The summed E-state index contributed by atoms with van der Waals surface area (Å²) >= 11 is 4.92. The molecule has 0 radical (unpaired) electrons. The largest absolute Gasteiger partial charge is 0.393 e. The maximum atomic E-state index is 12.6. The van der Waals surface area contributed by atoms with Crippen LogP contribution in [-0.2, 0) is 6.54 Å². The van der Waals surface area contributed by atoms with E-state index in [1.54, 1.807) is 4.90 Å². The van der Waals surface area contributed by atoms with Crippen molar-refractivity contribution in [2.45, 2.75) is 13.0 Å². The molecule has 0 heterocycles. The van der Waals surface area contributed by atoms with Crippen LogP contribution in [0.25, 0.3) is 0 Å². The summed E-state index contributed by atoms with van der Waals surface area (Å²) in [6, 6.07) is 19.2. The van der Waals surface area contributed by atoms with E-state index in [1.165, 1.54) is 0 Å². The van der Waals surface area contributed by atoms with Gasteiger partial charge in [-0.25, -0.2) is 0 Å². The number of benzene rings is 2. The first-order valence-electron chi connectivity index (χ1n) is 6.83. The molecule has 3 nitrogen and oxygen atoms in total. The molecular weight excluding hydrogens is 280 g/mol. The smallest absolute Gasteiger partial charge is 0.254 e. The molecule has 1 amide bonds. The molecule has 0 unspecified atom stereocenters. The van der Waals surface area contributed by atoms with E-state index in [0.717, 1.165) is 5.56 Å². The number of nitrogens with two attached hydrogens (primary N) is 1. The molecule has 0 atom stereocenters. The zero-order chi connectivity index (χ0) is 15.1. The van der Waals surface area contributed by atoms with Crippen LogP contribution in [-0.4, -0.2) is 22.3 Å². The van der Waals surface area contributed by atoms with Crippen molar-refractivity contribution in [2.24, 2.45) is 5.73 Å². The second kappa shape index (κ2) is 7.55. The fraction of sp³-hybridized carbons (Fsp3) is 0.176. The van der Waals surface area contributed by atoms with E-state index in [0.29, 0.717) is 30.1 Å². The van der Waals surface area contributed by atoms with E-state index < -0.39 is 0 Å². The normalized spacial score (nSPS) is 10.1. The number of carbonyl (C=O) groups excluding carboxylic acids is 1. The number of amides is 1. The number of rotatable bonds is 6. The van der Waals surface area contributed by atoms with Gasteiger partial charge in [-0.1, -0.05) is 60.7 Å². The van der Waals surface area contributed by atoms with Crippen LogP contribution < -0.4 is 5.73 Å². The van der Waals surface area contributed by atoms with E-state index in [-0.39, 0.29) is 5.91 Å². The molecule has 108 valence electrons. The third-order valence-electron chi connectivity index (χ3n) is 3.15. The van der Waals surface area contributed by atoms with E-state index >= 15 is 0 Å². The summed E-state index contributed by atoms with van der Waals surface area (Å²) in [5.41, 5.74) is 7.33. The molecule has 2 aromatic rings. The van der Waals surface area contributed by atoms with Crippen LogP contribution in [0.4, 0.5) is 0 Å². The van der Waals surface area contributed by atoms with E-state index in [9.17, 15) is 4.79 Å². The Labute approximate surface area is 130 Å². The fourth-order valence-corrected chi connectivity index (χ4v) is 2.16. The highest BCUT2D eigenvalue weighted by Gasteiger charge is 2.15. The standard InChI is InChI=1S/C17H18N2OS/c18-16(21)11-12-19(13-14-7-3-1-4-8-14)17(20)15-9-5-2-6-10-15/h1-10H,11-13H2,(H2,18,21). The predicted octanol–water partition coefficient (Wildman–Crippen LogP) is 3.01. The maximum Gasteiger partial charge on any atom is 0.254 e. The first-order valence-corrected chi connectivity index (χ1v) is 7.24. The van der Waals surface area contributed by atoms with Gasteiger partial charge >= 0.3 is 0 Å². The summed E-state index contributed by atoms with van der Waals surface area (Å²) in [4.78, 5) is 14.8. The topological polar surface area (TPSA) is 46.3 Å². The van der Waals surface area contributed by atoms with Gasteiger partial charge in [-0.3, -0.25) is 4.79 Å². The molecule has 0 aromatic heterocycles. The van der Waals surface area contributed by atoms with E-state index in [4.69, 9.17) is 18.0 Å². The summed E-state index contributed by atoms with van der Waals surface area (Å²) in [6.45, 7) is 1.08. The molecule has 2 rings (SSSR count). The first-order chi connectivity index (χ1) is 10.2. The van der Waals surface area contributed by atoms with Crippen molar-refractivity contribution in [1.29, 1.82) is 0 Å². The molecule has 4 heteroatoms. The third kappa shape index (κ3) is 4.68. The lowest BCUT2D eigenvalue weighted by molar-refractivity contribution is 0.0748. The molecule has 0 saturated carbocycles. The van der Waals surface area contributed by atoms with Crippen molar-refractivity contribution in [3.8, 4) is 0 Å². The molecule has 0 aliphatic carbocycles. The Bertz CT molecular complexity index is 599. The van der Waals surface area contributed by atoms with Crippen LogP contribution in [0.1, 0.15) is 22.3 Å². The third-order valence-corrected chi connectivity index (χ3v) is 3.36. The minimum absolute atomic E-state index is 0.00398. The Morgan fingerprint density at radius 3 is 2.14 bits per heavy atom. The quantitative estimate of drug-likeness (QED) is 0.834. The fourth-order valence-electron chi connectivity index (χ4n) is 2.06. The summed E-state index contributed by atoms with van der Waals surface area (Å²) < 4.78 is 0. The molecule has 2 N–H and O–H groups in total. The second-order valence-electron chi connectivity index (χ2n) is 4.79. The average molecular weight is 298 g/mol. The van der Waals surface area contributed by atoms with Crippen molar-refractivity contribution in [3.63, 3.8) is 0 Å². The number of hydrogen-bond donors (Lipinski definition) is 1. The van der Waals surface area contributed by atoms with Gasteiger partial charge in [-0.15, -0.1) is 0 Å². The molecule has 21 heavy (non-hydrogen) atoms. The summed E-state index contributed by atoms with van der Waals surface area (Å²) in [5.74, 6) is -0.00398. The number of nitrogens with zero attached hydrogens (tertiary/aromatic N) is 1. The Kier molecular flexibility index (Phi) is 5.46. The van der Waals surface area contributed by atoms with Gasteiger partial charge in [0.05, 0.1) is 4.99 Å². The highest BCUT2D eigenvalue weighted by molar-refractivity contribution is 7.80. The Morgan fingerprint density at radius 1 is 1.00 bits per heavy atom. The molecule has 0 aliphatic rings. The number of hydrogen-bond acceptors (Lipinski definition) is 2. The van der Waals surface area contributed by atoms with Gasteiger partial charge < -0.3 is 10.6 Å². The Balaban J connectivity index is 2.15. The SMILES string of the molecule is NC(=S)CCN(Cc1ccccc1)C(=O)c1ccccc1. The van der Waals surface area contributed by atoms with Gasteiger partial charge in [0.2, 0.25) is 0 Å². The molecule has 2 aromatic carbocycles. The van der Waals surface area contributed by atoms with E-state index in [2.05, 4.69) is 0 Å². The van der Waals surface area contributed by atoms with Crippen molar-refractivity contribution in [1.82, 2.24) is 4.90 Å². The van der Waals surface area contributed by atoms with Gasteiger partial charge in [0, 0.05) is 25.1 Å². The van der Waals surface area contributed by atoms with Gasteiger partial charge in [0.25, 0.3) is 5.91 Å². The molecule has 0 saturated heterocycles. The van der Waals surface area contributed by atoms with Crippen molar-refractivity contribution in [2.75, 3.05) is 6.54 Å². The Morgan fingerprint density at radius 2 is 1.57 bits per heavy atom. The van der Waals surface area contributed by atoms with Crippen molar-refractivity contribution in [3.05, 3.63) is 71.8 Å². The lowest BCUT2D eigenvalue weighted by Crippen LogP contribution is -2.33. The van der Waals surface area contributed by atoms with Gasteiger partial charge in [0.15, 0.2) is 0 Å². The van der Waals surface area contributed by atoms with Crippen LogP contribution in [0.2, 0.25) is 0 Å². The predicted molar refractivity (Wildman–Crippen MR) is 89.0 cm³/mol. The Hall–Kier alpha value is -2.20. The van der Waals surface area contributed by atoms with Crippen LogP contribution in [0, 0.1) is 0 Å². The minimum atomic E-state index is -0.00398. The zero-order valence-corrected chi connectivity index (χ0v) is 12.6. The van der Waals surface area contributed by atoms with Crippen molar-refractivity contribution >= 4 is 23.1 Å². The average Bonchev–Trinajstić information content (AvgIpc) is 2.52. The minimum Gasteiger partial charge on any atom is -0.393 e. The number of thiocarbonyl (C=S) groups is 1. The maximum absolute atomic E-state index is 12.6. The summed E-state index contributed by atoms with van der Waals surface area (Å²) in [7, 11) is 0. The van der Waals surface area contributed by atoms with Gasteiger partial charge in [-0.2, -0.15) is 0 Å². The molecule has 0 bridgehead atoms. The zero-order valence-electron chi connectivity index (χ0n) is 11.7. The highest BCUT2D eigenvalue weighted by Crippen LogP contribution is 2.10. The lowest BCUT2D eigenvalue weighted by atomic mass is 10.1. The summed E-state index contributed by atoms with van der Waals surface area (Å²) in [6.07, 6.45) is 0.529. The van der Waals surface area contributed by atoms with Gasteiger partial charge in [-0.05, 0) is 17.7 Å². The van der Waals surface area contributed by atoms with Crippen LogP contribution in [0.3, 0.4) is 0 Å². The van der Waals surface area contributed by atoms with Crippen LogP contribution in [0.5, 0.6) is 0 Å². The van der Waals surface area contributed by atoms with Crippen molar-refractivity contribution < 1.29 is 4.79 Å². The highest BCUT2D eigenvalue weighted by atomic mass is 32.1. The molecule has 0 spiro atoms. The molecule has 0 aliphatic heterocycles. The monoisotopic (exact) mass is 298 g/mol. The van der Waals surface area contributed by atoms with Crippen LogP contribution in [0.15, 0.2) is 60.7 Å². The van der Waals surface area contributed by atoms with Gasteiger partial charge in [0.1, 0.15) is 0 Å². The van der Waals surface area contributed by atoms with Crippen LogP contribution >= 0.6 is 12.2 Å².